The van der Waals surface area contributed by atoms with Crippen molar-refractivity contribution in [2.24, 2.45) is 0 Å². The molecule has 0 radical (unpaired) electrons. The number of nitrogens with zero attached hydrogens (tertiary/aromatic N) is 1. The zero-order chi connectivity index (χ0) is 32.6. The molecule has 0 bridgehead atoms. The second-order valence-corrected chi connectivity index (χ2v) is 12.3. The van der Waals surface area contributed by atoms with E-state index in [2.05, 4.69) is 10.6 Å². The molecule has 3 amide bonds. The maximum atomic E-state index is 14.6. The Bertz CT molecular complexity index is 1610. The number of ether oxygens (including phenoxy) is 1. The van der Waals surface area contributed by atoms with Crippen LogP contribution in [0.2, 0.25) is 0 Å². The first-order valence-corrected chi connectivity index (χ1v) is 15.4. The fourth-order valence-corrected chi connectivity index (χ4v) is 5.11. The maximum absolute atomic E-state index is 14.6. The summed E-state index contributed by atoms with van der Waals surface area (Å²) in [6, 6.07) is 25.6. The van der Waals surface area contributed by atoms with Crippen molar-refractivity contribution in [1.29, 1.82) is 0 Å². The molecule has 0 saturated heterocycles. The van der Waals surface area contributed by atoms with Gasteiger partial charge in [0, 0.05) is 18.7 Å². The molecule has 0 aliphatic heterocycles. The van der Waals surface area contributed by atoms with Crippen LogP contribution >= 0.6 is 0 Å². The average molecular weight is 610 g/mol. The molecule has 2 unspecified atom stereocenters. The van der Waals surface area contributed by atoms with Crippen molar-refractivity contribution < 1.29 is 24.2 Å². The molecule has 0 aromatic heterocycles. The molecule has 0 heterocycles. The van der Waals surface area contributed by atoms with E-state index in [1.54, 1.807) is 37.8 Å². The van der Waals surface area contributed by atoms with E-state index in [9.17, 15) is 19.5 Å². The second kappa shape index (κ2) is 14.8. The summed E-state index contributed by atoms with van der Waals surface area (Å²) in [6.45, 7) is 9.53. The van der Waals surface area contributed by atoms with Gasteiger partial charge in [0.2, 0.25) is 5.91 Å². The topological polar surface area (TPSA) is 108 Å². The highest BCUT2D eigenvalue weighted by molar-refractivity contribution is 6.00. The average Bonchev–Trinajstić information content (AvgIpc) is 2.99. The monoisotopic (exact) mass is 609 g/mol. The predicted molar refractivity (Wildman–Crippen MR) is 178 cm³/mol. The minimum atomic E-state index is -1.04. The minimum Gasteiger partial charge on any atom is -0.508 e. The van der Waals surface area contributed by atoms with E-state index in [1.165, 1.54) is 12.1 Å². The van der Waals surface area contributed by atoms with Crippen molar-refractivity contribution in [1.82, 2.24) is 10.2 Å². The number of benzene rings is 4. The number of phenols is 1. The summed E-state index contributed by atoms with van der Waals surface area (Å²) in [7, 11) is 0. The van der Waals surface area contributed by atoms with Crippen molar-refractivity contribution in [3.05, 3.63) is 108 Å². The second-order valence-electron chi connectivity index (χ2n) is 12.3. The fraction of sp³-hybridized carbons (Fsp3) is 0.324. The normalized spacial score (nSPS) is 12.6. The van der Waals surface area contributed by atoms with E-state index in [0.717, 1.165) is 28.3 Å². The highest BCUT2D eigenvalue weighted by Gasteiger charge is 2.36. The lowest BCUT2D eigenvalue weighted by Gasteiger charge is -2.34. The summed E-state index contributed by atoms with van der Waals surface area (Å²) >= 11 is 0. The summed E-state index contributed by atoms with van der Waals surface area (Å²) in [5.41, 5.74) is 2.25. The minimum absolute atomic E-state index is 0.0936. The van der Waals surface area contributed by atoms with Crippen LogP contribution in [-0.4, -0.2) is 46.1 Å². The van der Waals surface area contributed by atoms with Crippen molar-refractivity contribution in [3.8, 4) is 5.75 Å². The zero-order valence-electron chi connectivity index (χ0n) is 26.7. The lowest BCUT2D eigenvalue weighted by atomic mass is 9.99. The van der Waals surface area contributed by atoms with Crippen LogP contribution in [0, 0.1) is 6.92 Å². The lowest BCUT2D eigenvalue weighted by molar-refractivity contribution is -0.140. The van der Waals surface area contributed by atoms with Crippen LogP contribution in [0.3, 0.4) is 0 Å². The van der Waals surface area contributed by atoms with Gasteiger partial charge in [-0.05, 0) is 80.3 Å². The highest BCUT2D eigenvalue weighted by Crippen LogP contribution is 2.27. The Morgan fingerprint density at radius 3 is 2.20 bits per heavy atom. The number of alkyl carbamates (subject to hydrolysis) is 1. The molecule has 236 valence electrons. The predicted octanol–water partition coefficient (Wildman–Crippen LogP) is 7.30. The Morgan fingerprint density at radius 1 is 0.889 bits per heavy atom. The van der Waals surface area contributed by atoms with E-state index >= 15 is 0 Å². The molecule has 0 aliphatic carbocycles. The molecule has 4 aromatic carbocycles. The molecule has 2 atom stereocenters. The van der Waals surface area contributed by atoms with Crippen LogP contribution in [0.15, 0.2) is 91.0 Å². The van der Waals surface area contributed by atoms with Gasteiger partial charge in [-0.15, -0.1) is 0 Å². The third kappa shape index (κ3) is 9.32. The van der Waals surface area contributed by atoms with Crippen molar-refractivity contribution >= 4 is 34.4 Å². The molecule has 0 aliphatic rings. The van der Waals surface area contributed by atoms with Gasteiger partial charge in [0.15, 0.2) is 0 Å². The molecular formula is C37H43N3O5. The number of aryl methyl sites for hydroxylation is 1. The molecule has 4 rings (SSSR count). The molecule has 0 fully saturated rings. The number of hydrogen-bond acceptors (Lipinski definition) is 5. The van der Waals surface area contributed by atoms with Crippen LogP contribution in [0.5, 0.6) is 5.75 Å². The Hall–Kier alpha value is -4.85. The Balaban J connectivity index is 1.73. The number of carbonyl (C=O) groups is 3. The molecule has 0 saturated carbocycles. The van der Waals surface area contributed by atoms with E-state index in [-0.39, 0.29) is 18.1 Å². The lowest BCUT2D eigenvalue weighted by Crippen LogP contribution is -2.53. The van der Waals surface area contributed by atoms with E-state index in [1.807, 2.05) is 80.6 Å². The number of rotatable bonds is 11. The van der Waals surface area contributed by atoms with Crippen LogP contribution in [-0.2, 0) is 20.7 Å². The van der Waals surface area contributed by atoms with E-state index < -0.39 is 29.7 Å². The number of hydrogen-bond donors (Lipinski definition) is 3. The van der Waals surface area contributed by atoms with Gasteiger partial charge in [0.25, 0.3) is 5.91 Å². The largest absolute Gasteiger partial charge is 0.508 e. The summed E-state index contributed by atoms with van der Waals surface area (Å²) in [4.78, 5) is 43.3. The summed E-state index contributed by atoms with van der Waals surface area (Å²) in [6.07, 6.45) is 0.838. The summed E-state index contributed by atoms with van der Waals surface area (Å²) < 4.78 is 5.52. The molecule has 8 heteroatoms. The van der Waals surface area contributed by atoms with Crippen molar-refractivity contribution in [2.45, 2.75) is 71.6 Å². The molecule has 8 nitrogen and oxygen atoms in total. The van der Waals surface area contributed by atoms with Crippen LogP contribution in [0.4, 0.5) is 10.5 Å². The SMILES string of the molecule is CCCCN(C(=O)C(Cc1ccc(O)cc1)NC(=O)OC(C)(C)C)C(C(=O)Nc1ccc2ccccc2c1)c1ccc(C)cc1. The molecule has 3 N–H and O–H groups in total. The van der Waals surface area contributed by atoms with Crippen LogP contribution < -0.4 is 10.6 Å². The number of fused-ring (bicyclic) bond motifs is 1. The number of nitrogens with one attached hydrogen (secondary N) is 2. The quantitative estimate of drug-likeness (QED) is 0.165. The first kappa shape index (κ1) is 33.1. The molecule has 4 aromatic rings. The van der Waals surface area contributed by atoms with E-state index in [0.29, 0.717) is 24.2 Å². The van der Waals surface area contributed by atoms with Gasteiger partial charge in [0.1, 0.15) is 23.4 Å². The van der Waals surface area contributed by atoms with Crippen LogP contribution in [0.1, 0.15) is 63.3 Å². The Kier molecular flexibility index (Phi) is 10.8. The maximum Gasteiger partial charge on any atom is 0.408 e. The van der Waals surface area contributed by atoms with Gasteiger partial charge >= 0.3 is 6.09 Å². The van der Waals surface area contributed by atoms with Gasteiger partial charge in [-0.1, -0.05) is 85.6 Å². The Labute approximate surface area is 265 Å². The first-order valence-electron chi connectivity index (χ1n) is 15.4. The van der Waals surface area contributed by atoms with Gasteiger partial charge < -0.3 is 25.4 Å². The number of amides is 3. The molecule has 0 spiro atoms. The number of carbonyl (C=O) groups excluding carboxylic acids is 3. The van der Waals surface area contributed by atoms with Gasteiger partial charge in [-0.2, -0.15) is 0 Å². The summed E-state index contributed by atoms with van der Waals surface area (Å²) in [5, 5.41) is 17.7. The van der Waals surface area contributed by atoms with Crippen LogP contribution in [0.25, 0.3) is 10.8 Å². The van der Waals surface area contributed by atoms with Crippen molar-refractivity contribution in [2.75, 3.05) is 11.9 Å². The van der Waals surface area contributed by atoms with Crippen molar-refractivity contribution in [3.63, 3.8) is 0 Å². The molecular weight excluding hydrogens is 566 g/mol. The standard InChI is InChI=1S/C37H43N3O5/c1-6-7-22-40(35(43)32(39-36(44)45-37(3,4)5)23-26-14-20-31(41)21-15-26)33(28-16-12-25(2)13-17-28)34(42)38-30-19-18-27-10-8-9-11-29(27)24-30/h8-21,24,32-33,41H,6-7,22-23H2,1-5H3,(H,38,42)(H,39,44). The molecule has 45 heavy (non-hydrogen) atoms. The fourth-order valence-electron chi connectivity index (χ4n) is 5.11. The number of unbranched alkanes of at least 4 members (excludes halogenated alkanes) is 1. The third-order valence-electron chi connectivity index (χ3n) is 7.37. The smallest absolute Gasteiger partial charge is 0.408 e. The van der Waals surface area contributed by atoms with Gasteiger partial charge in [-0.25, -0.2) is 4.79 Å². The Morgan fingerprint density at radius 2 is 1.56 bits per heavy atom. The zero-order valence-corrected chi connectivity index (χ0v) is 26.7. The number of anilines is 1. The summed E-state index contributed by atoms with van der Waals surface area (Å²) in [5.74, 6) is -0.683. The highest BCUT2D eigenvalue weighted by atomic mass is 16.6. The third-order valence-corrected chi connectivity index (χ3v) is 7.37. The van der Waals surface area contributed by atoms with E-state index in [4.69, 9.17) is 4.74 Å². The number of aromatic hydroxyl groups is 1. The van der Waals surface area contributed by atoms with Gasteiger partial charge in [0.05, 0.1) is 0 Å². The first-order chi connectivity index (χ1) is 21.4. The van der Waals surface area contributed by atoms with Gasteiger partial charge in [-0.3, -0.25) is 9.59 Å². The number of phenolic OH excluding ortho intramolecular Hbond substituents is 1.